The predicted octanol–water partition coefficient (Wildman–Crippen LogP) is 2.66. The van der Waals surface area contributed by atoms with Gasteiger partial charge in [-0.15, -0.1) is 0 Å². The van der Waals surface area contributed by atoms with E-state index in [0.29, 0.717) is 17.9 Å². The highest BCUT2D eigenvalue weighted by atomic mass is 16.5. The molecule has 0 aromatic heterocycles. The molecule has 0 saturated heterocycles. The van der Waals surface area contributed by atoms with E-state index in [4.69, 9.17) is 4.74 Å². The molecule has 0 saturated carbocycles. The summed E-state index contributed by atoms with van der Waals surface area (Å²) in [5.41, 5.74) is 4.42. The molecule has 0 heterocycles. The third-order valence-corrected chi connectivity index (χ3v) is 3.28. The van der Waals surface area contributed by atoms with Gasteiger partial charge in [-0.25, -0.2) is 5.43 Å². The molecule has 1 unspecified atom stereocenters. The number of hydrogen-bond donors (Lipinski definition) is 2. The van der Waals surface area contributed by atoms with E-state index in [0.717, 1.165) is 11.3 Å². The van der Waals surface area contributed by atoms with Gasteiger partial charge in [0, 0.05) is 0 Å². The van der Waals surface area contributed by atoms with Crippen molar-refractivity contribution in [3.05, 3.63) is 65.7 Å². The van der Waals surface area contributed by atoms with Gasteiger partial charge in [0.15, 0.2) is 6.10 Å². The van der Waals surface area contributed by atoms with Crippen LogP contribution in [0.4, 0.5) is 0 Å². The van der Waals surface area contributed by atoms with Crippen LogP contribution in [0.15, 0.2) is 59.7 Å². The zero-order valence-corrected chi connectivity index (χ0v) is 13.2. The molecular weight excluding hydrogens is 292 g/mol. The molecule has 23 heavy (non-hydrogen) atoms. The van der Waals surface area contributed by atoms with Crippen molar-refractivity contribution in [3.63, 3.8) is 0 Å². The maximum absolute atomic E-state index is 11.9. The van der Waals surface area contributed by atoms with Gasteiger partial charge in [0.05, 0.1) is 12.3 Å². The minimum absolute atomic E-state index is 0.527. The molecule has 0 bridgehead atoms. The summed E-state index contributed by atoms with van der Waals surface area (Å²) >= 11 is 0. The fraction of sp³-hybridized carbons (Fsp3) is 0.222. The van der Waals surface area contributed by atoms with Crippen LogP contribution in [0.3, 0.4) is 0 Å². The Balaban J connectivity index is 1.99. The second-order valence-electron chi connectivity index (χ2n) is 4.94. The second kappa shape index (κ2) is 8.10. The van der Waals surface area contributed by atoms with E-state index in [1.54, 1.807) is 31.2 Å². The van der Waals surface area contributed by atoms with Gasteiger partial charge in [-0.2, -0.15) is 5.10 Å². The van der Waals surface area contributed by atoms with Crippen LogP contribution in [0, 0.1) is 0 Å². The first-order valence-electron chi connectivity index (χ1n) is 7.42. The van der Waals surface area contributed by atoms with Gasteiger partial charge in [-0.1, -0.05) is 30.3 Å². The molecule has 2 aromatic carbocycles. The van der Waals surface area contributed by atoms with Crippen LogP contribution >= 0.6 is 0 Å². The molecule has 2 rings (SSSR count). The van der Waals surface area contributed by atoms with Crippen LogP contribution in [0.2, 0.25) is 0 Å². The number of benzene rings is 2. The van der Waals surface area contributed by atoms with Gasteiger partial charge in [0.2, 0.25) is 0 Å². The normalized spacial score (nSPS) is 12.6. The number of nitrogens with one attached hydrogen (secondary N) is 1. The predicted molar refractivity (Wildman–Crippen MR) is 89.4 cm³/mol. The third kappa shape index (κ3) is 4.66. The lowest BCUT2D eigenvalue weighted by molar-refractivity contribution is -0.129. The maximum atomic E-state index is 11.9. The Morgan fingerprint density at radius 2 is 1.83 bits per heavy atom. The highest BCUT2D eigenvalue weighted by Gasteiger charge is 2.16. The first-order chi connectivity index (χ1) is 11.1. The lowest BCUT2D eigenvalue weighted by Crippen LogP contribution is -2.26. The average molecular weight is 312 g/mol. The molecule has 5 heteroatoms. The fourth-order valence-electron chi connectivity index (χ4n) is 2.01. The maximum Gasteiger partial charge on any atom is 0.273 e. The average Bonchev–Trinajstić information content (AvgIpc) is 2.60. The van der Waals surface area contributed by atoms with Crippen molar-refractivity contribution in [2.45, 2.75) is 20.0 Å². The number of ether oxygens (including phenoxy) is 1. The number of hydrogen-bond acceptors (Lipinski definition) is 4. The Labute approximate surface area is 135 Å². The summed E-state index contributed by atoms with van der Waals surface area (Å²) in [5, 5.41) is 14.0. The SMILES string of the molecule is CCOc1ccc(/C(C)=N/NC(=O)C(O)c2ccccc2)cc1. The number of nitrogens with zero attached hydrogens (tertiary/aromatic N) is 1. The Morgan fingerprint density at radius 3 is 2.43 bits per heavy atom. The molecule has 5 nitrogen and oxygen atoms in total. The Bertz CT molecular complexity index is 666. The van der Waals surface area contributed by atoms with E-state index in [9.17, 15) is 9.90 Å². The van der Waals surface area contributed by atoms with Crippen molar-refractivity contribution >= 4 is 11.6 Å². The number of aliphatic hydroxyl groups is 1. The molecule has 0 fully saturated rings. The van der Waals surface area contributed by atoms with Crippen molar-refractivity contribution in [2.24, 2.45) is 5.10 Å². The molecule has 0 spiro atoms. The second-order valence-corrected chi connectivity index (χ2v) is 4.94. The third-order valence-electron chi connectivity index (χ3n) is 3.28. The van der Waals surface area contributed by atoms with E-state index >= 15 is 0 Å². The molecule has 0 aliphatic rings. The summed E-state index contributed by atoms with van der Waals surface area (Å²) in [6.45, 7) is 4.32. The summed E-state index contributed by atoms with van der Waals surface area (Å²) in [7, 11) is 0. The first kappa shape index (κ1) is 16.7. The van der Waals surface area contributed by atoms with Crippen molar-refractivity contribution in [1.29, 1.82) is 0 Å². The summed E-state index contributed by atoms with van der Waals surface area (Å²) < 4.78 is 5.38. The number of rotatable bonds is 6. The lowest BCUT2D eigenvalue weighted by atomic mass is 10.1. The van der Waals surface area contributed by atoms with Crippen molar-refractivity contribution in [3.8, 4) is 5.75 Å². The van der Waals surface area contributed by atoms with Gasteiger partial charge in [-0.05, 0) is 49.2 Å². The van der Waals surface area contributed by atoms with E-state index in [1.807, 2.05) is 37.3 Å². The summed E-state index contributed by atoms with van der Waals surface area (Å²) in [4.78, 5) is 11.9. The Hall–Kier alpha value is -2.66. The summed E-state index contributed by atoms with van der Waals surface area (Å²) in [6.07, 6.45) is -1.24. The number of carbonyl (C=O) groups excluding carboxylic acids is 1. The minimum Gasteiger partial charge on any atom is -0.494 e. The largest absolute Gasteiger partial charge is 0.494 e. The smallest absolute Gasteiger partial charge is 0.273 e. The number of carbonyl (C=O) groups is 1. The zero-order chi connectivity index (χ0) is 16.7. The van der Waals surface area contributed by atoms with Crippen molar-refractivity contribution in [2.75, 3.05) is 6.61 Å². The van der Waals surface area contributed by atoms with Gasteiger partial charge in [-0.3, -0.25) is 4.79 Å². The molecule has 0 aliphatic heterocycles. The topological polar surface area (TPSA) is 70.9 Å². The molecule has 2 N–H and O–H groups in total. The Morgan fingerprint density at radius 1 is 1.17 bits per heavy atom. The zero-order valence-electron chi connectivity index (χ0n) is 13.2. The molecule has 0 aliphatic carbocycles. The van der Waals surface area contributed by atoms with Crippen molar-refractivity contribution in [1.82, 2.24) is 5.43 Å². The lowest BCUT2D eigenvalue weighted by Gasteiger charge is -2.09. The molecule has 2 aromatic rings. The number of hydrazone groups is 1. The Kier molecular flexibility index (Phi) is 5.88. The van der Waals surface area contributed by atoms with Crippen LogP contribution in [0.1, 0.15) is 31.1 Å². The van der Waals surface area contributed by atoms with Gasteiger partial charge in [0.1, 0.15) is 5.75 Å². The monoisotopic (exact) mass is 312 g/mol. The highest BCUT2D eigenvalue weighted by molar-refractivity contribution is 5.99. The molecular formula is C18H20N2O3. The van der Waals surface area contributed by atoms with E-state index < -0.39 is 12.0 Å². The minimum atomic E-state index is -1.24. The molecule has 1 amide bonds. The van der Waals surface area contributed by atoms with Crippen LogP contribution < -0.4 is 10.2 Å². The van der Waals surface area contributed by atoms with Crippen LogP contribution in [0.5, 0.6) is 5.75 Å². The van der Waals surface area contributed by atoms with Crippen LogP contribution in [0.25, 0.3) is 0 Å². The standard InChI is InChI=1S/C18H20N2O3/c1-3-23-16-11-9-14(10-12-16)13(2)19-20-18(22)17(21)15-7-5-4-6-8-15/h4-12,17,21H,3H2,1-2H3,(H,20,22)/b19-13+. The van der Waals surface area contributed by atoms with E-state index in [1.165, 1.54) is 0 Å². The van der Waals surface area contributed by atoms with E-state index in [2.05, 4.69) is 10.5 Å². The highest BCUT2D eigenvalue weighted by Crippen LogP contribution is 2.14. The molecule has 0 radical (unpaired) electrons. The van der Waals surface area contributed by atoms with Gasteiger partial charge < -0.3 is 9.84 Å². The molecule has 1 atom stereocenters. The van der Waals surface area contributed by atoms with Crippen LogP contribution in [-0.4, -0.2) is 23.3 Å². The first-order valence-corrected chi connectivity index (χ1v) is 7.42. The van der Waals surface area contributed by atoms with E-state index in [-0.39, 0.29) is 0 Å². The fourth-order valence-corrected chi connectivity index (χ4v) is 2.01. The van der Waals surface area contributed by atoms with Gasteiger partial charge >= 0.3 is 0 Å². The van der Waals surface area contributed by atoms with Crippen molar-refractivity contribution < 1.29 is 14.6 Å². The van der Waals surface area contributed by atoms with Crippen LogP contribution in [-0.2, 0) is 4.79 Å². The number of amides is 1. The van der Waals surface area contributed by atoms with Gasteiger partial charge in [0.25, 0.3) is 5.91 Å². The quantitative estimate of drug-likeness (QED) is 0.636. The number of aliphatic hydroxyl groups excluding tert-OH is 1. The summed E-state index contributed by atoms with van der Waals surface area (Å²) in [5.74, 6) is 0.217. The summed E-state index contributed by atoms with van der Waals surface area (Å²) in [6, 6.07) is 16.1. The molecule has 120 valence electrons.